The van der Waals surface area contributed by atoms with E-state index < -0.39 is 156 Å². The quantitative estimate of drug-likeness (QED) is 0.0896. The van der Waals surface area contributed by atoms with Crippen molar-refractivity contribution in [3.63, 3.8) is 0 Å². The van der Waals surface area contributed by atoms with Gasteiger partial charge in [-0.15, -0.1) is 0 Å². The third-order valence-corrected chi connectivity index (χ3v) is 16.9. The summed E-state index contributed by atoms with van der Waals surface area (Å²) in [5.74, 6) is -10.7. The second kappa shape index (κ2) is 38.1. The van der Waals surface area contributed by atoms with Gasteiger partial charge in [-0.25, -0.2) is 0 Å². The molecule has 0 aromatic carbocycles. The Morgan fingerprint density at radius 1 is 0.495 bits per heavy atom. The number of rotatable bonds is 18. The number of hydrogen-bond acceptors (Lipinski definition) is 15. The molecule has 0 aliphatic carbocycles. The van der Waals surface area contributed by atoms with E-state index in [9.17, 15) is 53.4 Å². The van der Waals surface area contributed by atoms with Crippen LogP contribution in [0.5, 0.6) is 0 Å². The van der Waals surface area contributed by atoms with Crippen LogP contribution >= 0.6 is 0 Å². The average Bonchev–Trinajstić information content (AvgIpc) is 1.15. The van der Waals surface area contributed by atoms with Crippen molar-refractivity contribution >= 4 is 65.0 Å². The number of nitrogens with zero attached hydrogens (tertiary/aromatic N) is 6. The van der Waals surface area contributed by atoms with E-state index in [0.717, 1.165) is 14.7 Å². The minimum Gasteiger partial charge on any atom is -0.391 e. The van der Waals surface area contributed by atoms with Gasteiger partial charge in [0.25, 0.3) is 0 Å². The first-order valence-corrected chi connectivity index (χ1v) is 32.7. The van der Waals surface area contributed by atoms with E-state index in [0.29, 0.717) is 32.8 Å². The van der Waals surface area contributed by atoms with Gasteiger partial charge in [0.1, 0.15) is 60.4 Å². The van der Waals surface area contributed by atoms with Gasteiger partial charge in [-0.05, 0) is 108 Å². The highest BCUT2D eigenvalue weighted by molar-refractivity contribution is 5.99. The fourth-order valence-corrected chi connectivity index (χ4v) is 11.5. The van der Waals surface area contributed by atoms with E-state index in [-0.39, 0.29) is 68.1 Å². The minimum absolute atomic E-state index is 0.0785. The summed E-state index contributed by atoms with van der Waals surface area (Å²) in [4.78, 5) is 168. The lowest BCUT2D eigenvalue weighted by molar-refractivity contribution is -0.155. The van der Waals surface area contributed by atoms with Crippen LogP contribution in [0.15, 0.2) is 12.2 Å². The molecule has 26 heteroatoms. The zero-order valence-electron chi connectivity index (χ0n) is 58.6. The lowest BCUT2D eigenvalue weighted by atomic mass is 9.91. The number of ether oxygens (including phenoxy) is 1. The molecule has 2 fully saturated rings. The fourth-order valence-electron chi connectivity index (χ4n) is 11.5. The number of nitrogens with one attached hydrogen (secondary N) is 6. The van der Waals surface area contributed by atoms with Crippen molar-refractivity contribution in [2.45, 2.75) is 222 Å². The van der Waals surface area contributed by atoms with Crippen molar-refractivity contribution in [3.8, 4) is 0 Å². The molecule has 520 valence electrons. The van der Waals surface area contributed by atoms with Crippen LogP contribution < -0.4 is 31.9 Å². The van der Waals surface area contributed by atoms with Gasteiger partial charge in [0.2, 0.25) is 65.0 Å². The Morgan fingerprint density at radius 3 is 1.42 bits per heavy atom. The Kier molecular flexibility index (Phi) is 33.8. The zero-order chi connectivity index (χ0) is 69.6. The zero-order valence-corrected chi connectivity index (χ0v) is 58.6. The Hall–Kier alpha value is -6.25. The summed E-state index contributed by atoms with van der Waals surface area (Å²) in [6.07, 6.45) is 1.11. The van der Waals surface area contributed by atoms with Gasteiger partial charge in [0.05, 0.1) is 32.0 Å². The Balaban J connectivity index is 2.98. The smallest absolute Gasteiger partial charge is 0.248 e. The lowest BCUT2D eigenvalue weighted by Crippen LogP contribution is -2.64. The first-order valence-electron chi connectivity index (χ1n) is 32.7. The van der Waals surface area contributed by atoms with Gasteiger partial charge in [-0.1, -0.05) is 95.2 Å². The largest absolute Gasteiger partial charge is 0.391 e. The van der Waals surface area contributed by atoms with Crippen molar-refractivity contribution in [2.24, 2.45) is 41.4 Å². The Morgan fingerprint density at radius 2 is 0.934 bits per heavy atom. The third kappa shape index (κ3) is 25.0. The molecule has 2 aliphatic rings. The maximum absolute atomic E-state index is 15.2. The molecule has 2 saturated heterocycles. The number of allylic oxidation sites excluding steroid dienone is 2. The summed E-state index contributed by atoms with van der Waals surface area (Å²) in [6.45, 7) is 29.8. The van der Waals surface area contributed by atoms with E-state index >= 15 is 9.59 Å². The molecule has 0 saturated carbocycles. The van der Waals surface area contributed by atoms with Gasteiger partial charge < -0.3 is 71.4 Å². The Labute approximate surface area is 542 Å². The number of aliphatic hydroxyl groups excluding tert-OH is 2. The van der Waals surface area contributed by atoms with Crippen LogP contribution in [-0.2, 0) is 57.5 Å². The van der Waals surface area contributed by atoms with Crippen LogP contribution in [0.2, 0.25) is 0 Å². The number of hydrogen-bond donors (Lipinski definition) is 8. The molecule has 8 N–H and O–H groups in total. The number of morpholine rings is 1. The normalized spacial score (nSPS) is 27.6. The van der Waals surface area contributed by atoms with Crippen LogP contribution in [0.4, 0.5) is 0 Å². The molecule has 14 atom stereocenters. The first-order chi connectivity index (χ1) is 42.3. The van der Waals surface area contributed by atoms with E-state index in [1.165, 1.54) is 65.8 Å². The minimum atomic E-state index is -1.75. The summed E-state index contributed by atoms with van der Waals surface area (Å²) in [5, 5.41) is 39.8. The maximum atomic E-state index is 15.2. The standard InChI is InChI=1S/C65H116N12O14/c1-22-23-24-42(13)55(80)54-61(86)71-52(45(16)78)64(89)72(17)35-51(79)73(18)49(31-38(6)7)60(85)70-47(29-36(2)3)62(87)74(19)50(32-39(8)9)59(84)67-43(14)56(81)66-44(15)57(82)68-46(33-41(12)34-77-25-27-91-28-26-77)58(83)69-48(30-37(4)5)63(88)75(20)53(40(10)11)65(90)76(54)21/h22-23,36-50,52-55,78,80H,24-35H2,1-21H3,(H,66,81)(H,67,84)(H,68,82)(H,69,83)(H,70,85)(H,71,86)/b23-22+/t41-,42+,43-,44+,45+,46-,47-,48-,49-,50-,52-,53-,54-,55+/m0/s1. The molecule has 91 heavy (non-hydrogen) atoms. The van der Waals surface area contributed by atoms with E-state index in [1.54, 1.807) is 39.8 Å². The van der Waals surface area contributed by atoms with Crippen LogP contribution in [-0.4, -0.2) is 252 Å². The second-order valence-corrected chi connectivity index (χ2v) is 27.6. The molecule has 0 spiro atoms. The molecule has 0 bridgehead atoms. The maximum Gasteiger partial charge on any atom is 0.248 e. The summed E-state index contributed by atoms with van der Waals surface area (Å²) < 4.78 is 5.55. The molecular formula is C65H116N12O14. The Bertz CT molecular complexity index is 2470. The van der Waals surface area contributed by atoms with Gasteiger partial charge >= 0.3 is 0 Å². The number of likely N-dealkylation sites (N-methyl/N-ethyl adjacent to an activating group) is 5. The summed E-state index contributed by atoms with van der Waals surface area (Å²) >= 11 is 0. The van der Waals surface area contributed by atoms with E-state index in [4.69, 9.17) is 4.74 Å². The molecular weight excluding hydrogens is 1170 g/mol. The van der Waals surface area contributed by atoms with Crippen LogP contribution in [0.25, 0.3) is 0 Å². The van der Waals surface area contributed by atoms with Gasteiger partial charge in [-0.2, -0.15) is 0 Å². The summed E-state index contributed by atoms with van der Waals surface area (Å²) in [6, 6.07) is -13.4. The second-order valence-electron chi connectivity index (χ2n) is 27.6. The fraction of sp³-hybridized carbons (Fsp3) is 0.800. The highest BCUT2D eigenvalue weighted by Gasteiger charge is 2.45. The van der Waals surface area contributed by atoms with Crippen LogP contribution in [0.3, 0.4) is 0 Å². The molecule has 2 rings (SSSR count). The molecule has 0 unspecified atom stereocenters. The predicted octanol–water partition coefficient (Wildman–Crippen LogP) is 1.26. The molecule has 2 aliphatic heterocycles. The van der Waals surface area contributed by atoms with Crippen molar-refractivity contribution in [1.82, 2.24) is 61.3 Å². The van der Waals surface area contributed by atoms with Crippen molar-refractivity contribution in [2.75, 3.05) is 74.6 Å². The predicted molar refractivity (Wildman–Crippen MR) is 347 cm³/mol. The number of carbonyl (C=O) groups excluding carboxylic acids is 11. The molecule has 26 nitrogen and oxygen atoms in total. The van der Waals surface area contributed by atoms with Crippen molar-refractivity contribution in [1.29, 1.82) is 0 Å². The summed E-state index contributed by atoms with van der Waals surface area (Å²) in [7, 11) is 6.75. The van der Waals surface area contributed by atoms with Crippen LogP contribution in [0.1, 0.15) is 149 Å². The third-order valence-electron chi connectivity index (χ3n) is 16.9. The SMILES string of the molecule is C/C=C/C[C@@H](C)[C@@H](O)[C@H]1C(=O)N[C@@H]([C@@H](C)O)C(=O)N(C)CC(=O)N(C)[C@@H](CC(C)C)C(=O)N[C@@H](CC(C)C)C(=O)N(C)[C@@H](CC(C)C)C(=O)N[C@@H](C)C(=O)N[C@H](C)C(=O)N[C@@H](C[C@H](C)CN2CCOCC2)C(=O)N[C@@H](CC(C)C)C(=O)N(C)[C@@H](C(C)C)C(=O)N1C. The monoisotopic (exact) mass is 1290 g/mol. The lowest BCUT2D eigenvalue weighted by Gasteiger charge is -2.40. The van der Waals surface area contributed by atoms with Gasteiger partial charge in [-0.3, -0.25) is 57.6 Å². The van der Waals surface area contributed by atoms with E-state index in [1.807, 2.05) is 62.3 Å². The summed E-state index contributed by atoms with van der Waals surface area (Å²) in [5.41, 5.74) is 0. The van der Waals surface area contributed by atoms with Crippen LogP contribution in [0, 0.1) is 41.4 Å². The first kappa shape index (κ1) is 80.8. The van der Waals surface area contributed by atoms with E-state index in [2.05, 4.69) is 36.8 Å². The molecule has 0 radical (unpaired) electrons. The molecule has 11 amide bonds. The number of aliphatic hydroxyl groups is 2. The van der Waals surface area contributed by atoms with Gasteiger partial charge in [0.15, 0.2) is 0 Å². The molecule has 0 aromatic heterocycles. The van der Waals surface area contributed by atoms with Crippen molar-refractivity contribution in [3.05, 3.63) is 12.2 Å². The highest BCUT2D eigenvalue weighted by Crippen LogP contribution is 2.24. The highest BCUT2D eigenvalue weighted by atomic mass is 16.5. The number of amides is 11. The van der Waals surface area contributed by atoms with Crippen molar-refractivity contribution < 1.29 is 67.7 Å². The van der Waals surface area contributed by atoms with Gasteiger partial charge in [0, 0.05) is 54.9 Å². The average molecular weight is 1290 g/mol. The topological polar surface area (TPSA) is 329 Å². The molecule has 2 heterocycles. The number of carbonyl (C=O) groups is 11. The molecule has 0 aromatic rings.